The van der Waals surface area contributed by atoms with Crippen LogP contribution in [0.4, 0.5) is 0 Å². The second kappa shape index (κ2) is 6.99. The molecule has 0 saturated heterocycles. The van der Waals surface area contributed by atoms with E-state index < -0.39 is 0 Å². The van der Waals surface area contributed by atoms with Gasteiger partial charge in [0.1, 0.15) is 5.69 Å². The van der Waals surface area contributed by atoms with Gasteiger partial charge < -0.3 is 4.90 Å². The molecule has 0 aromatic carbocycles. The van der Waals surface area contributed by atoms with Crippen LogP contribution in [0.2, 0.25) is 0 Å². The topological polar surface area (TPSA) is 46.1 Å². The number of carbonyl (C=O) groups is 1. The number of hydrogen-bond acceptors (Lipinski definition) is 3. The van der Waals surface area contributed by atoms with Gasteiger partial charge in [-0.05, 0) is 19.8 Å². The van der Waals surface area contributed by atoms with Gasteiger partial charge in [-0.2, -0.15) is 0 Å². The van der Waals surface area contributed by atoms with Gasteiger partial charge in [0.05, 0.1) is 11.9 Å². The Hall–Kier alpha value is -1.45. The van der Waals surface area contributed by atoms with Crippen molar-refractivity contribution in [2.75, 3.05) is 13.1 Å². The van der Waals surface area contributed by atoms with Crippen LogP contribution >= 0.6 is 0 Å². The van der Waals surface area contributed by atoms with Crippen molar-refractivity contribution in [2.45, 2.75) is 40.0 Å². The van der Waals surface area contributed by atoms with Gasteiger partial charge >= 0.3 is 0 Å². The van der Waals surface area contributed by atoms with Crippen LogP contribution in [0.1, 0.15) is 49.3 Å². The van der Waals surface area contributed by atoms with Crippen molar-refractivity contribution in [1.82, 2.24) is 14.9 Å². The first-order chi connectivity index (χ1) is 8.19. The summed E-state index contributed by atoms with van der Waals surface area (Å²) in [7, 11) is 0. The molecule has 4 nitrogen and oxygen atoms in total. The lowest BCUT2D eigenvalue weighted by atomic mass is 10.2. The van der Waals surface area contributed by atoms with E-state index in [-0.39, 0.29) is 5.91 Å². The fourth-order valence-electron chi connectivity index (χ4n) is 1.60. The molecule has 1 aromatic heterocycles. The summed E-state index contributed by atoms with van der Waals surface area (Å²) in [5.74, 6) is -0.00667. The third-order valence-corrected chi connectivity index (χ3v) is 2.56. The summed E-state index contributed by atoms with van der Waals surface area (Å²) in [4.78, 5) is 22.3. The SMILES string of the molecule is CCCCN(CCC)C(=O)c1cnc(C)cn1. The number of aromatic nitrogens is 2. The zero-order chi connectivity index (χ0) is 12.7. The molecular weight excluding hydrogens is 214 g/mol. The van der Waals surface area contributed by atoms with Crippen LogP contribution in [-0.4, -0.2) is 33.9 Å². The number of carbonyl (C=O) groups excluding carboxylic acids is 1. The van der Waals surface area contributed by atoms with Gasteiger partial charge in [-0.1, -0.05) is 20.3 Å². The molecule has 4 heteroatoms. The largest absolute Gasteiger partial charge is 0.337 e. The summed E-state index contributed by atoms with van der Waals surface area (Å²) in [5.41, 5.74) is 1.28. The zero-order valence-corrected chi connectivity index (χ0v) is 10.9. The maximum atomic E-state index is 12.2. The van der Waals surface area contributed by atoms with E-state index in [2.05, 4.69) is 23.8 Å². The quantitative estimate of drug-likeness (QED) is 0.760. The lowest BCUT2D eigenvalue weighted by molar-refractivity contribution is 0.0747. The third-order valence-electron chi connectivity index (χ3n) is 2.56. The van der Waals surface area contributed by atoms with E-state index in [0.717, 1.165) is 38.0 Å². The van der Waals surface area contributed by atoms with Crippen LogP contribution in [0.5, 0.6) is 0 Å². The molecule has 1 rings (SSSR count). The molecule has 0 aliphatic heterocycles. The Morgan fingerprint density at radius 2 is 1.94 bits per heavy atom. The number of hydrogen-bond donors (Lipinski definition) is 0. The standard InChI is InChI=1S/C13H21N3O/c1-4-6-8-16(7-5-2)13(17)12-10-14-11(3)9-15-12/h9-10H,4-8H2,1-3H3. The Morgan fingerprint density at radius 3 is 2.47 bits per heavy atom. The van der Waals surface area contributed by atoms with E-state index in [1.54, 1.807) is 12.4 Å². The Balaban J connectivity index is 2.72. The predicted octanol–water partition coefficient (Wildman–Crippen LogP) is 2.44. The van der Waals surface area contributed by atoms with E-state index in [0.29, 0.717) is 5.69 Å². The predicted molar refractivity (Wildman–Crippen MR) is 67.9 cm³/mol. The van der Waals surface area contributed by atoms with E-state index in [9.17, 15) is 4.79 Å². The maximum Gasteiger partial charge on any atom is 0.274 e. The number of unbranched alkanes of at least 4 members (excludes halogenated alkanes) is 1. The molecule has 0 bridgehead atoms. The minimum absolute atomic E-state index is 0.00667. The van der Waals surface area contributed by atoms with Crippen LogP contribution in [0, 0.1) is 6.92 Å². The van der Waals surface area contributed by atoms with Gasteiger partial charge in [0.2, 0.25) is 0 Å². The summed E-state index contributed by atoms with van der Waals surface area (Å²) < 4.78 is 0. The van der Waals surface area contributed by atoms with Crippen LogP contribution in [0.25, 0.3) is 0 Å². The number of aryl methyl sites for hydroxylation is 1. The van der Waals surface area contributed by atoms with E-state index in [4.69, 9.17) is 0 Å². The Morgan fingerprint density at radius 1 is 1.18 bits per heavy atom. The van der Waals surface area contributed by atoms with Crippen LogP contribution in [0.3, 0.4) is 0 Å². The fraction of sp³-hybridized carbons (Fsp3) is 0.615. The van der Waals surface area contributed by atoms with Crippen molar-refractivity contribution in [3.8, 4) is 0 Å². The molecule has 0 aliphatic rings. The summed E-state index contributed by atoms with van der Waals surface area (Å²) in [6, 6.07) is 0. The molecule has 1 heterocycles. The van der Waals surface area contributed by atoms with Gasteiger partial charge in [0.25, 0.3) is 5.91 Å². The number of amides is 1. The molecule has 1 amide bonds. The summed E-state index contributed by atoms with van der Waals surface area (Å²) in [6.07, 6.45) is 6.29. The highest BCUT2D eigenvalue weighted by Gasteiger charge is 2.15. The number of rotatable bonds is 6. The van der Waals surface area contributed by atoms with Gasteiger partial charge in [-0.15, -0.1) is 0 Å². The van der Waals surface area contributed by atoms with Gasteiger partial charge in [0.15, 0.2) is 0 Å². The normalized spacial score (nSPS) is 10.3. The highest BCUT2D eigenvalue weighted by Crippen LogP contribution is 2.04. The lowest BCUT2D eigenvalue weighted by Crippen LogP contribution is -2.33. The van der Waals surface area contributed by atoms with Crippen LogP contribution in [-0.2, 0) is 0 Å². The second-order valence-electron chi connectivity index (χ2n) is 4.19. The minimum Gasteiger partial charge on any atom is -0.337 e. The van der Waals surface area contributed by atoms with Crippen LogP contribution in [0.15, 0.2) is 12.4 Å². The first-order valence-electron chi connectivity index (χ1n) is 6.27. The molecule has 94 valence electrons. The van der Waals surface area contributed by atoms with Crippen molar-refractivity contribution < 1.29 is 4.79 Å². The summed E-state index contributed by atoms with van der Waals surface area (Å²) in [6.45, 7) is 7.66. The molecule has 0 N–H and O–H groups in total. The van der Waals surface area contributed by atoms with Gasteiger partial charge in [0, 0.05) is 19.3 Å². The van der Waals surface area contributed by atoms with Crippen LogP contribution < -0.4 is 0 Å². The summed E-state index contributed by atoms with van der Waals surface area (Å²) in [5, 5.41) is 0. The second-order valence-corrected chi connectivity index (χ2v) is 4.19. The molecule has 0 unspecified atom stereocenters. The maximum absolute atomic E-state index is 12.2. The fourth-order valence-corrected chi connectivity index (χ4v) is 1.60. The van der Waals surface area contributed by atoms with E-state index >= 15 is 0 Å². The van der Waals surface area contributed by atoms with Crippen molar-refractivity contribution in [3.63, 3.8) is 0 Å². The Bertz CT molecular complexity index is 348. The molecule has 17 heavy (non-hydrogen) atoms. The van der Waals surface area contributed by atoms with E-state index in [1.807, 2.05) is 11.8 Å². The first-order valence-corrected chi connectivity index (χ1v) is 6.27. The molecule has 0 radical (unpaired) electrons. The highest BCUT2D eigenvalue weighted by atomic mass is 16.2. The average molecular weight is 235 g/mol. The molecule has 0 saturated carbocycles. The molecule has 0 spiro atoms. The number of nitrogens with zero attached hydrogens (tertiary/aromatic N) is 3. The monoisotopic (exact) mass is 235 g/mol. The molecule has 0 aliphatic carbocycles. The van der Waals surface area contributed by atoms with Crippen molar-refractivity contribution in [3.05, 3.63) is 23.8 Å². The highest BCUT2D eigenvalue weighted by molar-refractivity contribution is 5.91. The third kappa shape index (κ3) is 4.13. The van der Waals surface area contributed by atoms with Gasteiger partial charge in [-0.25, -0.2) is 4.98 Å². The van der Waals surface area contributed by atoms with Crippen molar-refractivity contribution in [1.29, 1.82) is 0 Å². The molecule has 0 atom stereocenters. The molecule has 1 aromatic rings. The van der Waals surface area contributed by atoms with Crippen molar-refractivity contribution in [2.24, 2.45) is 0 Å². The zero-order valence-electron chi connectivity index (χ0n) is 10.9. The summed E-state index contributed by atoms with van der Waals surface area (Å²) >= 11 is 0. The Labute approximate surface area is 103 Å². The molecular formula is C13H21N3O. The lowest BCUT2D eigenvalue weighted by Gasteiger charge is -2.21. The van der Waals surface area contributed by atoms with Crippen molar-refractivity contribution >= 4 is 5.91 Å². The first kappa shape index (κ1) is 13.6. The van der Waals surface area contributed by atoms with Gasteiger partial charge in [-0.3, -0.25) is 9.78 Å². The smallest absolute Gasteiger partial charge is 0.274 e. The minimum atomic E-state index is -0.00667. The van der Waals surface area contributed by atoms with E-state index in [1.165, 1.54) is 0 Å². The average Bonchev–Trinajstić information content (AvgIpc) is 2.34. The molecule has 0 fully saturated rings. The Kier molecular flexibility index (Phi) is 5.60.